The van der Waals surface area contributed by atoms with Crippen molar-refractivity contribution in [1.82, 2.24) is 19.8 Å². The van der Waals surface area contributed by atoms with Crippen molar-refractivity contribution < 1.29 is 9.53 Å². The van der Waals surface area contributed by atoms with Crippen molar-refractivity contribution in [2.45, 2.75) is 44.8 Å². The number of aromatic nitrogens is 2. The first-order valence-corrected chi connectivity index (χ1v) is 11.9. The summed E-state index contributed by atoms with van der Waals surface area (Å²) in [5, 5.41) is 7.58. The molecule has 170 valence electrons. The number of aryl methyl sites for hydroxylation is 1. The molecule has 4 heterocycles. The number of nitrogens with one attached hydrogen (secondary N) is 2. The van der Waals surface area contributed by atoms with Gasteiger partial charge in [0.05, 0.1) is 0 Å². The number of pyridine rings is 1. The van der Waals surface area contributed by atoms with Crippen molar-refractivity contribution in [2.75, 3.05) is 43.9 Å². The lowest BCUT2D eigenvalue weighted by Crippen LogP contribution is -2.44. The molecule has 2 saturated heterocycles. The normalized spacial score (nSPS) is 19.9. The van der Waals surface area contributed by atoms with Crippen LogP contribution in [0.3, 0.4) is 0 Å². The Kier molecular flexibility index (Phi) is 7.12. The molecule has 0 bridgehead atoms. The average molecular weight is 455 g/mol. The Morgan fingerprint density at radius 3 is 2.75 bits per heavy atom. The lowest BCUT2D eigenvalue weighted by molar-refractivity contribution is -0.126. The van der Waals surface area contributed by atoms with Crippen LogP contribution < -0.4 is 15.4 Å². The van der Waals surface area contributed by atoms with Crippen LogP contribution in [0.15, 0.2) is 18.3 Å². The number of piperidine rings is 2. The van der Waals surface area contributed by atoms with Crippen LogP contribution in [-0.4, -0.2) is 71.0 Å². The van der Waals surface area contributed by atoms with Crippen molar-refractivity contribution in [2.24, 2.45) is 0 Å². The Morgan fingerprint density at radius 1 is 1.25 bits per heavy atom. The van der Waals surface area contributed by atoms with E-state index in [1.807, 2.05) is 25.3 Å². The van der Waals surface area contributed by atoms with Crippen LogP contribution in [0.2, 0.25) is 0 Å². The highest BCUT2D eigenvalue weighted by molar-refractivity contribution is 7.15. The van der Waals surface area contributed by atoms with E-state index < -0.39 is 0 Å². The summed E-state index contributed by atoms with van der Waals surface area (Å²) < 4.78 is 6.34. The molecule has 0 aliphatic carbocycles. The highest BCUT2D eigenvalue weighted by atomic mass is 32.1. The molecule has 2 N–H and O–H groups in total. The molecule has 9 heteroatoms. The molecule has 1 unspecified atom stereocenters. The van der Waals surface area contributed by atoms with Gasteiger partial charge in [-0.2, -0.15) is 0 Å². The fraction of sp³-hybridized carbons (Fsp3) is 0.522. The summed E-state index contributed by atoms with van der Waals surface area (Å²) >= 11 is 1.58. The summed E-state index contributed by atoms with van der Waals surface area (Å²) in [4.78, 5) is 26.2. The summed E-state index contributed by atoms with van der Waals surface area (Å²) in [6.45, 7) is 5.36. The van der Waals surface area contributed by atoms with E-state index in [1.54, 1.807) is 16.2 Å². The number of hydrogen-bond donors (Lipinski definition) is 2. The highest BCUT2D eigenvalue weighted by Crippen LogP contribution is 2.28. The van der Waals surface area contributed by atoms with E-state index in [0.717, 1.165) is 54.5 Å². The molecule has 1 atom stereocenters. The molecule has 2 fully saturated rings. The molecule has 8 nitrogen and oxygen atoms in total. The maximum Gasteiger partial charge on any atom is 0.298 e. The van der Waals surface area contributed by atoms with Gasteiger partial charge in [0.25, 0.3) is 5.91 Å². The van der Waals surface area contributed by atoms with Crippen LogP contribution >= 0.6 is 11.3 Å². The number of anilines is 3. The van der Waals surface area contributed by atoms with Crippen molar-refractivity contribution in [3.05, 3.63) is 23.2 Å². The Balaban J connectivity index is 1.51. The standard InChI is InChI=1S/C23H30N6O2S/c1-4-22(30)29-9-5-6-17(15-29)25-20-12-19(31-18-7-10-28(3)11-8-18)13-21(26-20)27-23-24-14-16(2)32-23/h1,12-14,17-18H,5-11,15H2,2-3H3,(H2,24,25,26,27). The van der Waals surface area contributed by atoms with E-state index in [9.17, 15) is 4.79 Å². The third-order valence-electron chi connectivity index (χ3n) is 5.81. The molecule has 0 radical (unpaired) electrons. The largest absolute Gasteiger partial charge is 0.490 e. The molecule has 0 saturated carbocycles. The number of carbonyl (C=O) groups excluding carboxylic acids is 1. The molecule has 1 amide bonds. The van der Waals surface area contributed by atoms with Crippen LogP contribution in [0, 0.1) is 19.3 Å². The second kappa shape index (κ2) is 10.2. The van der Waals surface area contributed by atoms with Gasteiger partial charge in [-0.25, -0.2) is 9.97 Å². The van der Waals surface area contributed by atoms with E-state index in [4.69, 9.17) is 16.1 Å². The zero-order valence-electron chi connectivity index (χ0n) is 18.6. The van der Waals surface area contributed by atoms with Crippen molar-refractivity contribution in [3.8, 4) is 18.1 Å². The summed E-state index contributed by atoms with van der Waals surface area (Å²) in [6, 6.07) is 3.95. The molecule has 0 spiro atoms. The molecule has 2 aliphatic rings. The third-order valence-corrected chi connectivity index (χ3v) is 6.64. The van der Waals surface area contributed by atoms with Crippen LogP contribution in [-0.2, 0) is 4.79 Å². The molecule has 2 aromatic rings. The van der Waals surface area contributed by atoms with E-state index in [-0.39, 0.29) is 18.1 Å². The zero-order valence-corrected chi connectivity index (χ0v) is 19.5. The maximum atomic E-state index is 11.9. The van der Waals surface area contributed by atoms with Gasteiger partial charge in [0.2, 0.25) is 0 Å². The summed E-state index contributed by atoms with van der Waals surface area (Å²) in [5.41, 5.74) is 0. The van der Waals surface area contributed by atoms with Gasteiger partial charge in [0.1, 0.15) is 23.5 Å². The number of likely N-dealkylation sites (tertiary alicyclic amines) is 2. The first kappa shape index (κ1) is 22.4. The molecule has 32 heavy (non-hydrogen) atoms. The fourth-order valence-electron chi connectivity index (χ4n) is 4.11. The van der Waals surface area contributed by atoms with Gasteiger partial charge in [-0.3, -0.25) is 4.79 Å². The minimum absolute atomic E-state index is 0.0853. The Labute approximate surface area is 193 Å². The minimum Gasteiger partial charge on any atom is -0.490 e. The van der Waals surface area contributed by atoms with E-state index in [2.05, 4.69) is 33.5 Å². The predicted molar refractivity (Wildman–Crippen MR) is 128 cm³/mol. The van der Waals surface area contributed by atoms with Gasteiger partial charge >= 0.3 is 0 Å². The summed E-state index contributed by atoms with van der Waals surface area (Å²) in [6.07, 6.45) is 11.2. The zero-order chi connectivity index (χ0) is 22.5. The number of hydrogen-bond acceptors (Lipinski definition) is 8. The molecular formula is C23H30N6O2S. The van der Waals surface area contributed by atoms with Crippen LogP contribution in [0.5, 0.6) is 5.75 Å². The smallest absolute Gasteiger partial charge is 0.298 e. The third kappa shape index (κ3) is 5.90. The number of ether oxygens (including phenoxy) is 1. The number of nitrogens with zero attached hydrogens (tertiary/aromatic N) is 4. The fourth-order valence-corrected chi connectivity index (χ4v) is 4.78. The molecule has 2 aromatic heterocycles. The first-order valence-electron chi connectivity index (χ1n) is 11.1. The Hall–Kier alpha value is -2.83. The van der Waals surface area contributed by atoms with Crippen molar-refractivity contribution >= 4 is 34.0 Å². The molecular weight excluding hydrogens is 424 g/mol. The lowest BCUT2D eigenvalue weighted by atomic mass is 10.1. The van der Waals surface area contributed by atoms with Gasteiger partial charge < -0.3 is 25.2 Å². The number of terminal acetylenes is 1. The van der Waals surface area contributed by atoms with Gasteiger partial charge in [-0.1, -0.05) is 0 Å². The number of carbonyl (C=O) groups is 1. The number of amides is 1. The van der Waals surface area contributed by atoms with E-state index in [1.165, 1.54) is 0 Å². The number of thiazole rings is 1. The minimum atomic E-state index is -0.259. The second-order valence-corrected chi connectivity index (χ2v) is 9.71. The van der Waals surface area contributed by atoms with Crippen molar-refractivity contribution in [3.63, 3.8) is 0 Å². The lowest BCUT2D eigenvalue weighted by Gasteiger charge is -2.32. The second-order valence-electron chi connectivity index (χ2n) is 8.47. The maximum absolute atomic E-state index is 11.9. The van der Waals surface area contributed by atoms with Crippen LogP contribution in [0.25, 0.3) is 0 Å². The highest BCUT2D eigenvalue weighted by Gasteiger charge is 2.24. The average Bonchev–Trinajstić information content (AvgIpc) is 3.19. The summed E-state index contributed by atoms with van der Waals surface area (Å²) in [7, 11) is 2.14. The molecule has 4 rings (SSSR count). The first-order chi connectivity index (χ1) is 15.5. The summed E-state index contributed by atoms with van der Waals surface area (Å²) in [5.74, 6) is 4.13. The monoisotopic (exact) mass is 454 g/mol. The quantitative estimate of drug-likeness (QED) is 0.649. The molecule has 2 aliphatic heterocycles. The van der Waals surface area contributed by atoms with Gasteiger partial charge in [0.15, 0.2) is 5.13 Å². The van der Waals surface area contributed by atoms with Gasteiger partial charge in [-0.05, 0) is 45.6 Å². The van der Waals surface area contributed by atoms with Crippen LogP contribution in [0.1, 0.15) is 30.6 Å². The number of rotatable bonds is 6. The molecule has 0 aromatic carbocycles. The predicted octanol–water partition coefficient (Wildman–Crippen LogP) is 3.10. The van der Waals surface area contributed by atoms with Crippen molar-refractivity contribution in [1.29, 1.82) is 0 Å². The van der Waals surface area contributed by atoms with E-state index in [0.29, 0.717) is 24.7 Å². The van der Waals surface area contributed by atoms with Gasteiger partial charge in [0, 0.05) is 55.4 Å². The van der Waals surface area contributed by atoms with E-state index >= 15 is 0 Å². The van der Waals surface area contributed by atoms with Crippen LogP contribution in [0.4, 0.5) is 16.8 Å². The Bertz CT molecular complexity index is 979. The topological polar surface area (TPSA) is 82.6 Å². The SMILES string of the molecule is C#CC(=O)N1CCCC(Nc2cc(OC3CCN(C)CC3)cc(Nc3ncc(C)s3)n2)C1. The Morgan fingerprint density at radius 2 is 2.03 bits per heavy atom. The van der Waals surface area contributed by atoms with Gasteiger partial charge in [-0.15, -0.1) is 17.8 Å².